The van der Waals surface area contributed by atoms with Crippen molar-refractivity contribution in [3.8, 4) is 33.4 Å². The van der Waals surface area contributed by atoms with E-state index in [2.05, 4.69) is 209 Å². The Morgan fingerprint density at radius 3 is 2.05 bits per heavy atom. The Hall–Kier alpha value is -7.88. The summed E-state index contributed by atoms with van der Waals surface area (Å²) in [6, 6.07) is 61.7. The zero-order chi connectivity index (χ0) is 45.6. The van der Waals surface area contributed by atoms with Crippen molar-refractivity contribution in [3.05, 3.63) is 247 Å². The molecule has 2 aliphatic rings. The monoisotopic (exact) mass is 856 g/mol. The molecule has 324 valence electrons. The number of nitrogens with two attached hydrogens (primary N) is 1. The highest BCUT2D eigenvalue weighted by Gasteiger charge is 2.35. The van der Waals surface area contributed by atoms with Gasteiger partial charge >= 0.3 is 0 Å². The Bertz CT molecular complexity index is 3320. The summed E-state index contributed by atoms with van der Waals surface area (Å²) >= 11 is 0. The maximum absolute atomic E-state index is 6.10. The molecular weight excluding hydrogens is 801 g/mol. The third-order valence-electron chi connectivity index (χ3n) is 12.7. The number of allylic oxidation sites excluding steroid dienone is 9. The molecule has 3 nitrogen and oxygen atoms in total. The fraction of sp³-hybridized carbons (Fsp3) is 0.111. The molecule has 0 saturated heterocycles. The van der Waals surface area contributed by atoms with Gasteiger partial charge in [-0.1, -0.05) is 185 Å². The Morgan fingerprint density at radius 1 is 0.621 bits per heavy atom. The highest BCUT2D eigenvalue weighted by atomic mass is 16.3. The lowest BCUT2D eigenvalue weighted by Gasteiger charge is -2.22. The SMILES string of the molecule is C=C(/C=C\C=C/C)C1=CC=CC(C)C1.CC1(C)c2cc(N)ccc2-c2ccc(Nc3ccc(-c4ccc5oc6ccccc6c5c4)cc3)cc21.c1ccc(-c2ccc3ccccc3c2)cc1. The average molecular weight is 857 g/mol. The first-order valence-electron chi connectivity index (χ1n) is 22.9. The van der Waals surface area contributed by atoms with E-state index < -0.39 is 0 Å². The molecular formula is C63H56N2O. The van der Waals surface area contributed by atoms with E-state index in [1.807, 2.05) is 49.4 Å². The van der Waals surface area contributed by atoms with E-state index in [-0.39, 0.29) is 5.41 Å². The van der Waals surface area contributed by atoms with E-state index in [0.717, 1.165) is 51.0 Å². The largest absolute Gasteiger partial charge is 0.456 e. The smallest absolute Gasteiger partial charge is 0.135 e. The number of anilines is 3. The quantitative estimate of drug-likeness (QED) is 0.124. The van der Waals surface area contributed by atoms with Crippen LogP contribution in [0.2, 0.25) is 0 Å². The molecule has 0 radical (unpaired) electrons. The second-order valence-corrected chi connectivity index (χ2v) is 17.8. The van der Waals surface area contributed by atoms with E-state index in [9.17, 15) is 0 Å². The topological polar surface area (TPSA) is 51.2 Å². The van der Waals surface area contributed by atoms with Crippen LogP contribution in [-0.2, 0) is 5.41 Å². The van der Waals surface area contributed by atoms with Crippen molar-refractivity contribution >= 4 is 49.8 Å². The van der Waals surface area contributed by atoms with Crippen molar-refractivity contribution in [2.24, 2.45) is 5.92 Å². The van der Waals surface area contributed by atoms with Gasteiger partial charge in [-0.2, -0.15) is 0 Å². The number of para-hydroxylation sites is 1. The fourth-order valence-corrected chi connectivity index (χ4v) is 9.12. The predicted molar refractivity (Wildman–Crippen MR) is 284 cm³/mol. The van der Waals surface area contributed by atoms with Gasteiger partial charge in [-0.25, -0.2) is 0 Å². The van der Waals surface area contributed by atoms with Crippen LogP contribution < -0.4 is 11.1 Å². The summed E-state index contributed by atoms with van der Waals surface area (Å²) in [4.78, 5) is 0. The van der Waals surface area contributed by atoms with Crippen LogP contribution in [0.15, 0.2) is 241 Å². The number of hydrogen-bond acceptors (Lipinski definition) is 3. The molecule has 3 heteroatoms. The number of rotatable bonds is 7. The van der Waals surface area contributed by atoms with Gasteiger partial charge in [-0.3, -0.25) is 0 Å². The third kappa shape index (κ3) is 9.34. The van der Waals surface area contributed by atoms with E-state index in [4.69, 9.17) is 10.2 Å². The van der Waals surface area contributed by atoms with Gasteiger partial charge in [0.15, 0.2) is 0 Å². The molecule has 66 heavy (non-hydrogen) atoms. The Labute approximate surface area is 389 Å². The number of benzene rings is 8. The molecule has 0 saturated carbocycles. The second kappa shape index (κ2) is 19.1. The van der Waals surface area contributed by atoms with Crippen LogP contribution in [0.1, 0.15) is 45.2 Å². The van der Waals surface area contributed by atoms with Gasteiger partial charge in [-0.05, 0) is 146 Å². The van der Waals surface area contributed by atoms with E-state index in [1.165, 1.54) is 60.9 Å². The highest BCUT2D eigenvalue weighted by Crippen LogP contribution is 2.50. The number of fused-ring (bicyclic) bond motifs is 7. The molecule has 0 bridgehead atoms. The van der Waals surface area contributed by atoms with Gasteiger partial charge in [0.1, 0.15) is 11.2 Å². The molecule has 1 unspecified atom stereocenters. The third-order valence-corrected chi connectivity index (χ3v) is 12.7. The lowest BCUT2D eigenvalue weighted by atomic mass is 9.82. The number of furan rings is 1. The summed E-state index contributed by atoms with van der Waals surface area (Å²) in [6.07, 6.45) is 15.8. The zero-order valence-electron chi connectivity index (χ0n) is 38.3. The molecule has 8 aromatic carbocycles. The average Bonchev–Trinajstić information content (AvgIpc) is 3.83. The molecule has 11 rings (SSSR count). The van der Waals surface area contributed by atoms with Gasteiger partial charge in [0.2, 0.25) is 0 Å². The number of nitrogen functional groups attached to an aromatic ring is 1. The Morgan fingerprint density at radius 2 is 1.26 bits per heavy atom. The predicted octanol–water partition coefficient (Wildman–Crippen LogP) is 17.6. The molecule has 0 amide bonds. The van der Waals surface area contributed by atoms with Gasteiger partial charge in [0, 0.05) is 33.2 Å². The van der Waals surface area contributed by atoms with Gasteiger partial charge in [0.25, 0.3) is 0 Å². The lowest BCUT2D eigenvalue weighted by molar-refractivity contribution is 0.661. The van der Waals surface area contributed by atoms with E-state index in [0.29, 0.717) is 5.92 Å². The highest BCUT2D eigenvalue weighted by molar-refractivity contribution is 6.06. The van der Waals surface area contributed by atoms with Crippen molar-refractivity contribution < 1.29 is 4.42 Å². The summed E-state index contributed by atoms with van der Waals surface area (Å²) in [5.41, 5.74) is 23.4. The van der Waals surface area contributed by atoms with Gasteiger partial charge < -0.3 is 15.5 Å². The minimum atomic E-state index is -0.0858. The molecule has 9 aromatic rings. The fourth-order valence-electron chi connectivity index (χ4n) is 9.12. The summed E-state index contributed by atoms with van der Waals surface area (Å²) in [5.74, 6) is 0.641. The van der Waals surface area contributed by atoms with Crippen molar-refractivity contribution in [1.82, 2.24) is 0 Å². The molecule has 1 atom stereocenters. The first kappa shape index (κ1) is 43.4. The van der Waals surface area contributed by atoms with E-state index >= 15 is 0 Å². The molecule has 1 aromatic heterocycles. The molecule has 1 heterocycles. The van der Waals surface area contributed by atoms with Crippen molar-refractivity contribution in [2.75, 3.05) is 11.1 Å². The first-order chi connectivity index (χ1) is 32.1. The van der Waals surface area contributed by atoms with Crippen LogP contribution in [0, 0.1) is 5.92 Å². The molecule has 0 fully saturated rings. The maximum Gasteiger partial charge on any atom is 0.135 e. The van der Waals surface area contributed by atoms with Crippen LogP contribution in [0.25, 0.3) is 66.1 Å². The summed E-state index contributed by atoms with van der Waals surface area (Å²) in [7, 11) is 0. The summed E-state index contributed by atoms with van der Waals surface area (Å²) in [5, 5.41) is 8.48. The minimum Gasteiger partial charge on any atom is -0.456 e. The number of hydrogen-bond donors (Lipinski definition) is 2. The van der Waals surface area contributed by atoms with E-state index in [1.54, 1.807) is 0 Å². The maximum atomic E-state index is 6.10. The van der Waals surface area contributed by atoms with Crippen LogP contribution in [0.4, 0.5) is 17.1 Å². The summed E-state index contributed by atoms with van der Waals surface area (Å²) in [6.45, 7) is 12.8. The second-order valence-electron chi connectivity index (χ2n) is 17.8. The van der Waals surface area contributed by atoms with Crippen molar-refractivity contribution in [2.45, 2.75) is 39.5 Å². The van der Waals surface area contributed by atoms with Gasteiger partial charge in [0.05, 0.1) is 0 Å². The van der Waals surface area contributed by atoms with Crippen LogP contribution in [0.3, 0.4) is 0 Å². The molecule has 0 spiro atoms. The minimum absolute atomic E-state index is 0.0858. The molecule has 0 aliphatic heterocycles. The van der Waals surface area contributed by atoms with Crippen LogP contribution in [0.5, 0.6) is 0 Å². The Balaban J connectivity index is 0.000000150. The Kier molecular flexibility index (Phi) is 12.5. The molecule has 3 N–H and O–H groups in total. The zero-order valence-corrected chi connectivity index (χ0v) is 38.3. The first-order valence-corrected chi connectivity index (χ1v) is 22.9. The number of nitrogens with one attached hydrogen (secondary N) is 1. The molecule has 2 aliphatic carbocycles. The van der Waals surface area contributed by atoms with Crippen LogP contribution >= 0.6 is 0 Å². The van der Waals surface area contributed by atoms with Crippen molar-refractivity contribution in [1.29, 1.82) is 0 Å². The van der Waals surface area contributed by atoms with Gasteiger partial charge in [-0.15, -0.1) is 0 Å². The summed E-state index contributed by atoms with van der Waals surface area (Å²) < 4.78 is 5.99. The van der Waals surface area contributed by atoms with Crippen LogP contribution in [-0.4, -0.2) is 0 Å². The normalized spacial score (nSPS) is 14.6. The lowest BCUT2D eigenvalue weighted by Crippen LogP contribution is -2.15. The standard InChI is InChI=1S/C33H26N2O.C16H12.C14H18/c1-33(2)29-18-22(34)10-14-25(29)26-15-13-24(19-30(26)33)35-23-11-7-20(8-12-23)21-9-16-32-28(17-21)27-5-3-4-6-31(27)36-32;1-2-6-13(7-3-1)16-11-10-14-8-4-5-9-15(14)12-16;1-4-5-6-9-13(3)14-10-7-8-12(2)11-14/h3-19,35H,34H2,1-2H3;1-12H;4-10,12H,3,11H2,1-2H3/b;;5-4-,9-6-. The van der Waals surface area contributed by atoms with Crippen molar-refractivity contribution in [3.63, 3.8) is 0 Å².